The Bertz CT molecular complexity index is 831. The van der Waals surface area contributed by atoms with Crippen molar-refractivity contribution >= 4 is 24.4 Å². The summed E-state index contributed by atoms with van der Waals surface area (Å²) in [7, 11) is -0.669. The number of hydrogen-bond acceptors (Lipinski definition) is 4. The Labute approximate surface area is 165 Å². The van der Waals surface area contributed by atoms with Crippen LogP contribution < -0.4 is 10.8 Å². The second kappa shape index (κ2) is 7.56. The van der Waals surface area contributed by atoms with Gasteiger partial charge in [0, 0.05) is 0 Å². The van der Waals surface area contributed by atoms with Gasteiger partial charge >= 0.3 is 13.2 Å². The first-order chi connectivity index (χ1) is 13.1. The summed E-state index contributed by atoms with van der Waals surface area (Å²) in [6, 6.07) is 12.4. The van der Waals surface area contributed by atoms with Crippen molar-refractivity contribution in [1.82, 2.24) is 0 Å². The first kappa shape index (κ1) is 20.4. The topological polar surface area (TPSA) is 56.8 Å². The molecule has 28 heavy (non-hydrogen) atoms. The van der Waals surface area contributed by atoms with Crippen LogP contribution in [0.25, 0.3) is 0 Å². The van der Waals surface area contributed by atoms with Crippen LogP contribution in [0.5, 0.6) is 0 Å². The highest BCUT2D eigenvalue weighted by Gasteiger charge is 2.51. The highest BCUT2D eigenvalue weighted by atomic mass is 19.1. The standard InChI is InChI=1S/C21H25BFNO4/c1-14-11-16(22-27-20(2,3)21(4,5)28-22)12-17(23)18(14)24-19(25)26-13-15-9-7-6-8-10-15/h6-12H,13H2,1-5H3,(H,24,25). The van der Waals surface area contributed by atoms with E-state index in [-0.39, 0.29) is 12.3 Å². The van der Waals surface area contributed by atoms with E-state index in [0.29, 0.717) is 11.0 Å². The van der Waals surface area contributed by atoms with E-state index in [4.69, 9.17) is 14.0 Å². The summed E-state index contributed by atoms with van der Waals surface area (Å²) >= 11 is 0. The average molecular weight is 385 g/mol. The van der Waals surface area contributed by atoms with E-state index >= 15 is 0 Å². The minimum atomic E-state index is -0.714. The number of carbonyl (C=O) groups excluding carboxylic acids is 1. The van der Waals surface area contributed by atoms with Gasteiger partial charge in [-0.2, -0.15) is 0 Å². The van der Waals surface area contributed by atoms with E-state index in [1.165, 1.54) is 6.07 Å². The van der Waals surface area contributed by atoms with Gasteiger partial charge in [-0.05, 0) is 57.3 Å². The van der Waals surface area contributed by atoms with Gasteiger partial charge in [0.1, 0.15) is 12.4 Å². The molecule has 0 atom stereocenters. The van der Waals surface area contributed by atoms with Crippen LogP contribution in [0.1, 0.15) is 38.8 Å². The molecule has 0 unspecified atom stereocenters. The summed E-state index contributed by atoms with van der Waals surface area (Å²) < 4.78 is 31.8. The summed E-state index contributed by atoms with van der Waals surface area (Å²) in [6.07, 6.45) is -0.714. The molecule has 0 bridgehead atoms. The first-order valence-electron chi connectivity index (χ1n) is 9.22. The third kappa shape index (κ3) is 4.21. The minimum Gasteiger partial charge on any atom is -0.444 e. The predicted molar refractivity (Wildman–Crippen MR) is 107 cm³/mol. The van der Waals surface area contributed by atoms with E-state index < -0.39 is 30.2 Å². The van der Waals surface area contributed by atoms with Gasteiger partial charge in [-0.15, -0.1) is 0 Å². The van der Waals surface area contributed by atoms with Crippen LogP contribution in [0.15, 0.2) is 42.5 Å². The Morgan fingerprint density at radius 1 is 1.11 bits per heavy atom. The fraction of sp³-hybridized carbons (Fsp3) is 0.381. The lowest BCUT2D eigenvalue weighted by molar-refractivity contribution is 0.00578. The maximum Gasteiger partial charge on any atom is 0.494 e. The number of hydrogen-bond donors (Lipinski definition) is 1. The monoisotopic (exact) mass is 385 g/mol. The third-order valence-corrected chi connectivity index (χ3v) is 5.27. The number of halogens is 1. The minimum absolute atomic E-state index is 0.0818. The molecule has 5 nitrogen and oxygen atoms in total. The van der Waals surface area contributed by atoms with Crippen molar-refractivity contribution in [3.05, 3.63) is 59.4 Å². The van der Waals surface area contributed by atoms with Crippen molar-refractivity contribution in [2.45, 2.75) is 52.4 Å². The molecule has 3 rings (SSSR count). The summed E-state index contributed by atoms with van der Waals surface area (Å²) in [4.78, 5) is 12.1. The molecule has 1 heterocycles. The van der Waals surface area contributed by atoms with Gasteiger partial charge < -0.3 is 14.0 Å². The van der Waals surface area contributed by atoms with Crippen LogP contribution in [0.2, 0.25) is 0 Å². The maximum absolute atomic E-state index is 14.7. The van der Waals surface area contributed by atoms with Crippen LogP contribution in [0.3, 0.4) is 0 Å². The molecule has 0 spiro atoms. The molecule has 0 radical (unpaired) electrons. The Balaban J connectivity index is 1.69. The molecular weight excluding hydrogens is 360 g/mol. The lowest BCUT2D eigenvalue weighted by atomic mass is 9.78. The van der Waals surface area contributed by atoms with Crippen LogP contribution in [-0.4, -0.2) is 24.4 Å². The highest BCUT2D eigenvalue weighted by Crippen LogP contribution is 2.36. The molecule has 1 aliphatic rings. The van der Waals surface area contributed by atoms with Crippen molar-refractivity contribution in [3.63, 3.8) is 0 Å². The van der Waals surface area contributed by atoms with Gasteiger partial charge in [-0.1, -0.05) is 36.4 Å². The van der Waals surface area contributed by atoms with E-state index in [1.807, 2.05) is 58.0 Å². The first-order valence-corrected chi connectivity index (χ1v) is 9.22. The SMILES string of the molecule is Cc1cc(B2OC(C)(C)C(C)(C)O2)cc(F)c1NC(=O)OCc1ccccc1. The van der Waals surface area contributed by atoms with E-state index in [0.717, 1.165) is 5.56 Å². The van der Waals surface area contributed by atoms with Crippen molar-refractivity contribution < 1.29 is 23.2 Å². The smallest absolute Gasteiger partial charge is 0.444 e. The van der Waals surface area contributed by atoms with Gasteiger partial charge in [-0.3, -0.25) is 5.32 Å². The summed E-state index contributed by atoms with van der Waals surface area (Å²) in [5, 5.41) is 2.48. The van der Waals surface area contributed by atoms with Crippen molar-refractivity contribution in [2.75, 3.05) is 5.32 Å². The largest absolute Gasteiger partial charge is 0.494 e. The number of carbonyl (C=O) groups is 1. The molecular formula is C21H25BFNO4. The van der Waals surface area contributed by atoms with Gasteiger partial charge in [0.05, 0.1) is 16.9 Å². The second-order valence-corrected chi connectivity index (χ2v) is 7.97. The normalized spacial score (nSPS) is 17.4. The molecule has 0 saturated carbocycles. The fourth-order valence-corrected chi connectivity index (χ4v) is 2.91. The number of anilines is 1. The van der Waals surface area contributed by atoms with Crippen molar-refractivity contribution in [3.8, 4) is 0 Å². The molecule has 1 N–H and O–H groups in total. The van der Waals surface area contributed by atoms with Gasteiger partial charge in [0.2, 0.25) is 0 Å². The van der Waals surface area contributed by atoms with Crippen molar-refractivity contribution in [1.29, 1.82) is 0 Å². The molecule has 1 aliphatic heterocycles. The number of aryl methyl sites for hydroxylation is 1. The number of rotatable bonds is 4. The lowest BCUT2D eigenvalue weighted by Crippen LogP contribution is -2.41. The second-order valence-electron chi connectivity index (χ2n) is 7.97. The molecule has 1 fully saturated rings. The van der Waals surface area contributed by atoms with Gasteiger partial charge in [0.15, 0.2) is 0 Å². The van der Waals surface area contributed by atoms with E-state index in [1.54, 1.807) is 13.0 Å². The molecule has 2 aromatic carbocycles. The molecule has 0 aliphatic carbocycles. The highest BCUT2D eigenvalue weighted by molar-refractivity contribution is 6.62. The van der Waals surface area contributed by atoms with Crippen LogP contribution in [0.4, 0.5) is 14.9 Å². The molecule has 2 aromatic rings. The van der Waals surface area contributed by atoms with Crippen molar-refractivity contribution in [2.24, 2.45) is 0 Å². The Morgan fingerprint density at radius 3 is 2.29 bits per heavy atom. The number of benzene rings is 2. The zero-order valence-electron chi connectivity index (χ0n) is 16.8. The molecule has 148 valence electrons. The van der Waals surface area contributed by atoms with Crippen LogP contribution in [-0.2, 0) is 20.7 Å². The van der Waals surface area contributed by atoms with E-state index in [9.17, 15) is 9.18 Å². The Kier molecular flexibility index (Phi) is 5.50. The van der Waals surface area contributed by atoms with Gasteiger partial charge in [-0.25, -0.2) is 9.18 Å². The molecule has 1 saturated heterocycles. The zero-order chi connectivity index (χ0) is 20.5. The van der Waals surface area contributed by atoms with Crippen LogP contribution in [0, 0.1) is 12.7 Å². The molecule has 7 heteroatoms. The summed E-state index contributed by atoms with van der Waals surface area (Å²) in [5.74, 6) is -0.568. The van der Waals surface area contributed by atoms with Crippen LogP contribution >= 0.6 is 0 Å². The predicted octanol–water partition coefficient (Wildman–Crippen LogP) is 4.18. The van der Waals surface area contributed by atoms with Gasteiger partial charge in [0.25, 0.3) is 0 Å². The summed E-state index contributed by atoms with van der Waals surface area (Å²) in [6.45, 7) is 9.58. The lowest BCUT2D eigenvalue weighted by Gasteiger charge is -2.32. The third-order valence-electron chi connectivity index (χ3n) is 5.27. The maximum atomic E-state index is 14.7. The molecule has 0 aromatic heterocycles. The fourth-order valence-electron chi connectivity index (χ4n) is 2.91. The number of amides is 1. The summed E-state index contributed by atoms with van der Waals surface area (Å²) in [5.41, 5.74) is 1.03. The average Bonchev–Trinajstić information content (AvgIpc) is 2.85. The molecule has 1 amide bonds. The zero-order valence-corrected chi connectivity index (χ0v) is 16.8. The Hall–Kier alpha value is -2.38. The Morgan fingerprint density at radius 2 is 1.71 bits per heavy atom. The quantitative estimate of drug-likeness (QED) is 0.803. The number of ether oxygens (including phenoxy) is 1. The number of nitrogens with one attached hydrogen (secondary N) is 1. The van der Waals surface area contributed by atoms with E-state index in [2.05, 4.69) is 5.32 Å².